The second-order valence-corrected chi connectivity index (χ2v) is 11.6. The number of para-hydroxylation sites is 2. The number of fused-ring (bicyclic) bond motifs is 2. The Bertz CT molecular complexity index is 1830. The van der Waals surface area contributed by atoms with Crippen LogP contribution in [0.3, 0.4) is 0 Å². The number of aromatic nitrogens is 5. The van der Waals surface area contributed by atoms with Gasteiger partial charge in [0.1, 0.15) is 5.82 Å². The van der Waals surface area contributed by atoms with Gasteiger partial charge in [-0.2, -0.15) is 0 Å². The Balaban J connectivity index is 1.24. The highest BCUT2D eigenvalue weighted by molar-refractivity contribution is 5.84. The largest absolute Gasteiger partial charge is 0.361 e. The summed E-state index contributed by atoms with van der Waals surface area (Å²) in [7, 11) is 0. The second-order valence-electron chi connectivity index (χ2n) is 11.6. The zero-order chi connectivity index (χ0) is 29.0. The number of nitrogens with one attached hydrogen (secondary N) is 4. The smallest absolute Gasteiger partial charge is 0.223 e. The molecule has 1 aliphatic heterocycles. The van der Waals surface area contributed by atoms with Crippen molar-refractivity contribution in [3.8, 4) is 0 Å². The number of rotatable bonds is 10. The molecule has 3 aromatic heterocycles. The summed E-state index contributed by atoms with van der Waals surface area (Å²) >= 11 is 0. The molecule has 6 aromatic rings. The van der Waals surface area contributed by atoms with Crippen molar-refractivity contribution < 1.29 is 4.79 Å². The number of piperidine rings is 1. The predicted molar refractivity (Wildman–Crippen MR) is 170 cm³/mol. The fourth-order valence-corrected chi connectivity index (χ4v) is 6.42. The Labute approximate surface area is 250 Å². The zero-order valence-electron chi connectivity index (χ0n) is 24.2. The van der Waals surface area contributed by atoms with E-state index in [0.29, 0.717) is 13.0 Å². The molecular formula is C35H37N7O. The van der Waals surface area contributed by atoms with Gasteiger partial charge < -0.3 is 25.2 Å². The van der Waals surface area contributed by atoms with Gasteiger partial charge in [0.05, 0.1) is 12.6 Å². The van der Waals surface area contributed by atoms with Gasteiger partial charge in [0, 0.05) is 53.0 Å². The average Bonchev–Trinajstić information content (AvgIpc) is 3.78. The first-order valence-corrected chi connectivity index (χ1v) is 15.3. The van der Waals surface area contributed by atoms with Gasteiger partial charge >= 0.3 is 0 Å². The summed E-state index contributed by atoms with van der Waals surface area (Å²) in [5.41, 5.74) is 5.82. The normalized spacial score (nSPS) is 14.8. The summed E-state index contributed by atoms with van der Waals surface area (Å²) in [6.45, 7) is 2.38. The Morgan fingerprint density at radius 1 is 0.814 bits per heavy atom. The van der Waals surface area contributed by atoms with E-state index in [1.165, 1.54) is 16.5 Å². The van der Waals surface area contributed by atoms with Crippen LogP contribution in [-0.4, -0.2) is 43.7 Å². The summed E-state index contributed by atoms with van der Waals surface area (Å²) in [4.78, 5) is 20.5. The van der Waals surface area contributed by atoms with Crippen LogP contribution >= 0.6 is 0 Å². The van der Waals surface area contributed by atoms with E-state index in [9.17, 15) is 4.79 Å². The number of hydrogen-bond donors (Lipinski definition) is 4. The van der Waals surface area contributed by atoms with Crippen LogP contribution in [0.2, 0.25) is 0 Å². The third-order valence-electron chi connectivity index (χ3n) is 8.77. The molecule has 1 saturated heterocycles. The van der Waals surface area contributed by atoms with E-state index in [-0.39, 0.29) is 17.9 Å². The van der Waals surface area contributed by atoms with Crippen LogP contribution in [0.4, 0.5) is 0 Å². The lowest BCUT2D eigenvalue weighted by atomic mass is 9.96. The van der Waals surface area contributed by atoms with Crippen molar-refractivity contribution in [2.45, 2.75) is 44.7 Å². The highest BCUT2D eigenvalue weighted by Gasteiger charge is 2.28. The molecule has 1 fully saturated rings. The maximum Gasteiger partial charge on any atom is 0.223 e. The van der Waals surface area contributed by atoms with Gasteiger partial charge in [-0.15, -0.1) is 10.2 Å². The third kappa shape index (κ3) is 5.83. The number of aromatic amines is 2. The minimum Gasteiger partial charge on any atom is -0.361 e. The van der Waals surface area contributed by atoms with Crippen molar-refractivity contribution in [2.24, 2.45) is 5.92 Å². The number of amides is 1. The van der Waals surface area contributed by atoms with E-state index < -0.39 is 0 Å². The van der Waals surface area contributed by atoms with Crippen molar-refractivity contribution >= 4 is 27.7 Å². The summed E-state index contributed by atoms with van der Waals surface area (Å²) in [5.74, 6) is 1.81. The Hall–Kier alpha value is -4.69. The summed E-state index contributed by atoms with van der Waals surface area (Å²) < 4.78 is 2.23. The van der Waals surface area contributed by atoms with Crippen LogP contribution in [0.1, 0.15) is 47.2 Å². The monoisotopic (exact) mass is 571 g/mol. The van der Waals surface area contributed by atoms with E-state index >= 15 is 0 Å². The second kappa shape index (κ2) is 12.3. The van der Waals surface area contributed by atoms with Gasteiger partial charge in [0.15, 0.2) is 5.82 Å². The molecule has 1 amide bonds. The zero-order valence-corrected chi connectivity index (χ0v) is 24.2. The molecule has 3 aromatic carbocycles. The van der Waals surface area contributed by atoms with Gasteiger partial charge in [-0.25, -0.2) is 0 Å². The quantitative estimate of drug-likeness (QED) is 0.175. The van der Waals surface area contributed by atoms with E-state index in [1.54, 1.807) is 0 Å². The molecule has 1 unspecified atom stereocenters. The van der Waals surface area contributed by atoms with Gasteiger partial charge in [-0.3, -0.25) is 4.79 Å². The summed E-state index contributed by atoms with van der Waals surface area (Å²) in [5, 5.41) is 18.8. The lowest BCUT2D eigenvalue weighted by Crippen LogP contribution is -2.41. The van der Waals surface area contributed by atoms with E-state index in [2.05, 4.69) is 104 Å². The molecule has 4 N–H and O–H groups in total. The number of H-pyrrole nitrogens is 2. The molecule has 1 atom stereocenters. The van der Waals surface area contributed by atoms with E-state index in [1.807, 2.05) is 12.1 Å². The van der Waals surface area contributed by atoms with Gasteiger partial charge in [-0.05, 0) is 61.2 Å². The Kier molecular flexibility index (Phi) is 7.75. The molecule has 43 heavy (non-hydrogen) atoms. The average molecular weight is 572 g/mol. The van der Waals surface area contributed by atoms with Crippen molar-refractivity contribution in [2.75, 3.05) is 13.1 Å². The van der Waals surface area contributed by atoms with Gasteiger partial charge in [0.2, 0.25) is 5.91 Å². The highest BCUT2D eigenvalue weighted by Crippen LogP contribution is 2.27. The lowest BCUT2D eigenvalue weighted by molar-refractivity contribution is -0.126. The van der Waals surface area contributed by atoms with E-state index in [0.717, 1.165) is 72.4 Å². The van der Waals surface area contributed by atoms with Crippen LogP contribution in [0.15, 0.2) is 91.3 Å². The Morgan fingerprint density at radius 2 is 1.47 bits per heavy atom. The fourth-order valence-electron chi connectivity index (χ4n) is 6.42. The molecular weight excluding hydrogens is 534 g/mol. The lowest BCUT2D eigenvalue weighted by Gasteiger charge is -2.26. The predicted octanol–water partition coefficient (Wildman–Crippen LogP) is 5.47. The summed E-state index contributed by atoms with van der Waals surface area (Å²) in [6, 6.07) is 26.8. The molecule has 0 radical (unpaired) electrons. The molecule has 8 heteroatoms. The van der Waals surface area contributed by atoms with Crippen molar-refractivity contribution in [1.29, 1.82) is 0 Å². The number of nitrogens with zero attached hydrogens (tertiary/aromatic N) is 3. The van der Waals surface area contributed by atoms with E-state index in [4.69, 9.17) is 10.2 Å². The number of hydrogen-bond acceptors (Lipinski definition) is 4. The van der Waals surface area contributed by atoms with Crippen LogP contribution in [0.25, 0.3) is 21.8 Å². The van der Waals surface area contributed by atoms with Crippen molar-refractivity contribution in [3.63, 3.8) is 0 Å². The molecule has 0 spiro atoms. The topological polar surface area (TPSA) is 103 Å². The molecule has 0 aliphatic carbocycles. The van der Waals surface area contributed by atoms with Crippen LogP contribution in [-0.2, 0) is 30.6 Å². The van der Waals surface area contributed by atoms with Crippen LogP contribution in [0, 0.1) is 5.92 Å². The minimum absolute atomic E-state index is 0.00134. The SMILES string of the molecule is O=C(NC(Cc1c[nH]c2ccccc12)c1nnc(CCc2c[nH]c3ccccc23)n1Cc1ccccc1)C1CCNCC1. The first kappa shape index (κ1) is 27.2. The molecule has 8 nitrogen and oxygen atoms in total. The number of benzene rings is 3. The third-order valence-corrected chi connectivity index (χ3v) is 8.77. The molecule has 7 rings (SSSR count). The number of aryl methyl sites for hydroxylation is 2. The fraction of sp³-hybridized carbons (Fsp3) is 0.286. The van der Waals surface area contributed by atoms with Crippen molar-refractivity contribution in [1.82, 2.24) is 35.4 Å². The first-order chi connectivity index (χ1) is 21.2. The molecule has 0 bridgehead atoms. The maximum absolute atomic E-state index is 13.6. The first-order valence-electron chi connectivity index (χ1n) is 15.3. The standard InChI is InChI=1S/C35H37N7O/c43-35(25-16-18-36-19-17-25)39-32(20-27-22-38-31-13-7-5-11-29(27)31)34-41-40-33(42(34)23-24-8-2-1-3-9-24)15-14-26-21-37-30-12-6-4-10-28(26)30/h1-13,21-22,25,32,36-38H,14-20,23H2,(H,39,43). The highest BCUT2D eigenvalue weighted by atomic mass is 16.2. The molecule has 218 valence electrons. The van der Waals surface area contributed by atoms with Gasteiger partial charge in [0.25, 0.3) is 0 Å². The van der Waals surface area contributed by atoms with Crippen molar-refractivity contribution in [3.05, 3.63) is 120 Å². The maximum atomic E-state index is 13.6. The molecule has 1 aliphatic rings. The van der Waals surface area contributed by atoms with Crippen LogP contribution < -0.4 is 10.6 Å². The minimum atomic E-state index is -0.320. The molecule has 4 heterocycles. The van der Waals surface area contributed by atoms with Gasteiger partial charge in [-0.1, -0.05) is 66.7 Å². The number of carbonyl (C=O) groups is 1. The Morgan fingerprint density at radius 3 is 2.21 bits per heavy atom. The molecule has 0 saturated carbocycles. The number of carbonyl (C=O) groups excluding carboxylic acids is 1. The van der Waals surface area contributed by atoms with Crippen LogP contribution in [0.5, 0.6) is 0 Å². The summed E-state index contributed by atoms with van der Waals surface area (Å²) in [6.07, 6.45) is 8.05.